The van der Waals surface area contributed by atoms with Crippen LogP contribution in [0.2, 0.25) is 0 Å². The van der Waals surface area contributed by atoms with Crippen molar-refractivity contribution in [2.75, 3.05) is 13.2 Å². The van der Waals surface area contributed by atoms with E-state index in [0.717, 1.165) is 11.1 Å². The Morgan fingerprint density at radius 3 is 2.06 bits per heavy atom. The molecule has 2 heterocycles. The molecule has 0 fully saturated rings. The molecule has 0 aliphatic carbocycles. The Labute approximate surface area is 201 Å². The molecular formula is C27H24N3O5+. The van der Waals surface area contributed by atoms with Crippen LogP contribution in [0.3, 0.4) is 0 Å². The average molecular weight is 471 g/mol. The Morgan fingerprint density at radius 1 is 0.943 bits per heavy atom. The number of para-hydroxylation sites is 2. The molecule has 8 heteroatoms. The first kappa shape index (κ1) is 23.6. The van der Waals surface area contributed by atoms with E-state index in [9.17, 15) is 14.7 Å². The Morgan fingerprint density at radius 2 is 1.51 bits per heavy atom. The van der Waals surface area contributed by atoms with E-state index in [-0.39, 0.29) is 13.2 Å². The number of nitrogens with zero attached hydrogens (tertiary/aromatic N) is 3. The van der Waals surface area contributed by atoms with Crippen LogP contribution in [0.1, 0.15) is 18.1 Å². The summed E-state index contributed by atoms with van der Waals surface area (Å²) in [6, 6.07) is 18.2. The molecule has 0 saturated heterocycles. The number of pyridine rings is 1. The molecule has 0 spiro atoms. The summed E-state index contributed by atoms with van der Waals surface area (Å²) in [5, 5.41) is 11.0. The number of fused-ring (bicyclic) bond motifs is 1. The lowest BCUT2D eigenvalue weighted by Crippen LogP contribution is -2.58. The zero-order valence-electron chi connectivity index (χ0n) is 19.1. The Hall–Kier alpha value is -4.59. The van der Waals surface area contributed by atoms with Crippen LogP contribution in [-0.2, 0) is 20.1 Å². The predicted molar refractivity (Wildman–Crippen MR) is 128 cm³/mol. The summed E-state index contributed by atoms with van der Waals surface area (Å²) >= 11 is 0. The molecule has 8 nitrogen and oxygen atoms in total. The van der Waals surface area contributed by atoms with Gasteiger partial charge >= 0.3 is 17.7 Å². The van der Waals surface area contributed by atoms with E-state index in [0.29, 0.717) is 22.0 Å². The van der Waals surface area contributed by atoms with Gasteiger partial charge in [-0.25, -0.2) is 9.59 Å². The summed E-state index contributed by atoms with van der Waals surface area (Å²) in [6.07, 6.45) is 7.17. The van der Waals surface area contributed by atoms with Gasteiger partial charge in [0, 0.05) is 17.7 Å². The van der Waals surface area contributed by atoms with Gasteiger partial charge in [-0.15, -0.1) is 4.57 Å². The Kier molecular flexibility index (Phi) is 6.82. The second kappa shape index (κ2) is 10.1. The third kappa shape index (κ3) is 5.33. The summed E-state index contributed by atoms with van der Waals surface area (Å²) < 4.78 is 12.0. The van der Waals surface area contributed by atoms with Gasteiger partial charge in [0.15, 0.2) is 12.4 Å². The summed E-state index contributed by atoms with van der Waals surface area (Å²) in [5.41, 5.74) is 2.20. The summed E-state index contributed by atoms with van der Waals surface area (Å²) in [7, 11) is 0. The van der Waals surface area contributed by atoms with Gasteiger partial charge in [0.05, 0.1) is 10.7 Å². The van der Waals surface area contributed by atoms with Crippen molar-refractivity contribution < 1.29 is 28.7 Å². The van der Waals surface area contributed by atoms with Gasteiger partial charge in [-0.2, -0.15) is 9.98 Å². The fraction of sp³-hybridized carbons (Fsp3) is 0.148. The fourth-order valence-corrected chi connectivity index (χ4v) is 3.38. The third-order valence-corrected chi connectivity index (χ3v) is 5.22. The summed E-state index contributed by atoms with van der Waals surface area (Å²) in [5.74, 6) is -2.67. The lowest BCUT2D eigenvalue weighted by molar-refractivity contribution is -0.748. The molecule has 0 atom stereocenters. The number of rotatable bonds is 9. The smallest absolute Gasteiger partial charge is 0.462 e. The maximum atomic E-state index is 12.1. The number of carboxylic acids is 1. The molecule has 35 heavy (non-hydrogen) atoms. The summed E-state index contributed by atoms with van der Waals surface area (Å²) in [6.45, 7) is 5.52. The topological polar surface area (TPSA) is 101 Å². The van der Waals surface area contributed by atoms with Crippen molar-refractivity contribution in [3.8, 4) is 5.75 Å². The molecule has 0 amide bonds. The average Bonchev–Trinajstić information content (AvgIpc) is 3.27. The molecule has 4 rings (SSSR count). The van der Waals surface area contributed by atoms with Crippen LogP contribution in [0.4, 0.5) is 0 Å². The number of aliphatic carboxylic acids is 1. The van der Waals surface area contributed by atoms with E-state index < -0.39 is 17.7 Å². The maximum absolute atomic E-state index is 12.1. The van der Waals surface area contributed by atoms with Crippen molar-refractivity contribution in [2.24, 2.45) is 9.98 Å². The number of esters is 1. The first-order valence-electron chi connectivity index (χ1n) is 10.9. The highest BCUT2D eigenvalue weighted by Gasteiger charge is 2.50. The molecular weight excluding hydrogens is 446 g/mol. The molecule has 176 valence electrons. The first-order valence-corrected chi connectivity index (χ1v) is 10.9. The standard InChI is InChI=1S/C27H23N3O5/c1-19(2)25(31)35-18-17-34-22-11-9-20(10-12-22)7-8-21-13-15-30(16-14-21)27(26(32)33)28-23-5-3-4-6-24(23)29-27/h3-16H,1,17-18H2,2H3/p+1. The molecule has 0 bridgehead atoms. The van der Waals surface area contributed by atoms with Crippen LogP contribution in [0.25, 0.3) is 12.2 Å². The van der Waals surface area contributed by atoms with Crippen molar-refractivity contribution in [3.05, 3.63) is 107 Å². The number of ether oxygens (including phenoxy) is 2. The lowest BCUT2D eigenvalue weighted by atomic mass is 10.1. The van der Waals surface area contributed by atoms with E-state index in [1.807, 2.05) is 36.4 Å². The van der Waals surface area contributed by atoms with E-state index in [1.54, 1.807) is 55.7 Å². The van der Waals surface area contributed by atoms with Crippen LogP contribution >= 0.6 is 0 Å². The van der Waals surface area contributed by atoms with Gasteiger partial charge < -0.3 is 14.6 Å². The Bertz CT molecular complexity index is 1380. The number of aromatic nitrogens is 1. The molecule has 1 aliphatic rings. The molecule has 3 aromatic rings. The van der Waals surface area contributed by atoms with Crippen molar-refractivity contribution in [1.29, 1.82) is 0 Å². The number of benzene rings is 2. The van der Waals surface area contributed by atoms with Crippen molar-refractivity contribution in [1.82, 2.24) is 0 Å². The number of carbonyl (C=O) groups is 2. The van der Waals surface area contributed by atoms with E-state index in [2.05, 4.69) is 16.6 Å². The van der Waals surface area contributed by atoms with Crippen LogP contribution in [0.15, 0.2) is 95.2 Å². The Balaban J connectivity index is 1.39. The fourth-order valence-electron chi connectivity index (χ4n) is 3.38. The van der Waals surface area contributed by atoms with Crippen LogP contribution in [0, 0.1) is 0 Å². The third-order valence-electron chi connectivity index (χ3n) is 5.22. The highest BCUT2D eigenvalue weighted by Crippen LogP contribution is 2.16. The highest BCUT2D eigenvalue weighted by atomic mass is 16.6. The van der Waals surface area contributed by atoms with E-state index in [4.69, 9.17) is 9.47 Å². The number of carbonyl (C=O) groups excluding carboxylic acids is 1. The molecule has 1 aromatic heterocycles. The zero-order valence-corrected chi connectivity index (χ0v) is 19.1. The van der Waals surface area contributed by atoms with E-state index >= 15 is 0 Å². The van der Waals surface area contributed by atoms with E-state index in [1.165, 1.54) is 4.57 Å². The minimum absolute atomic E-state index is 0.150. The van der Waals surface area contributed by atoms with Gasteiger partial charge in [0.25, 0.3) is 0 Å². The van der Waals surface area contributed by atoms with Crippen molar-refractivity contribution in [3.63, 3.8) is 0 Å². The lowest BCUT2D eigenvalue weighted by Gasteiger charge is -2.11. The van der Waals surface area contributed by atoms with Crippen LogP contribution < -0.4 is 20.0 Å². The molecule has 2 aromatic carbocycles. The molecule has 0 unspecified atom stereocenters. The largest absolute Gasteiger partial charge is 0.490 e. The minimum atomic E-state index is -1.75. The zero-order chi connectivity index (χ0) is 24.8. The number of hydrogen-bond acceptors (Lipinski definition) is 6. The minimum Gasteiger partial charge on any atom is -0.490 e. The number of hydrogen-bond donors (Lipinski definition) is 1. The van der Waals surface area contributed by atoms with Crippen molar-refractivity contribution >= 4 is 24.1 Å². The molecule has 1 N–H and O–H groups in total. The monoisotopic (exact) mass is 470 g/mol. The first-order chi connectivity index (χ1) is 16.9. The number of carboxylic acid groups (broad SMARTS) is 1. The van der Waals surface area contributed by atoms with Crippen LogP contribution in [-0.4, -0.2) is 30.3 Å². The van der Waals surface area contributed by atoms with Gasteiger partial charge in [-0.05, 0) is 42.3 Å². The maximum Gasteiger partial charge on any atom is 0.462 e. The SMILES string of the molecule is C=C(C)C(=O)OCCOc1ccc(C=Cc2cc[n+](C3(C(=O)O)N=c4ccccc4=N3)cc2)cc1. The molecule has 0 radical (unpaired) electrons. The summed E-state index contributed by atoms with van der Waals surface area (Å²) in [4.78, 5) is 32.2. The van der Waals surface area contributed by atoms with Gasteiger partial charge in [-0.3, -0.25) is 0 Å². The normalized spacial score (nSPS) is 13.4. The van der Waals surface area contributed by atoms with Gasteiger partial charge in [-0.1, -0.05) is 43.0 Å². The van der Waals surface area contributed by atoms with Crippen LogP contribution in [0.5, 0.6) is 5.75 Å². The second-order valence-electron chi connectivity index (χ2n) is 7.86. The molecule has 0 saturated carbocycles. The van der Waals surface area contributed by atoms with Gasteiger partial charge in [0.1, 0.15) is 19.0 Å². The van der Waals surface area contributed by atoms with Crippen molar-refractivity contribution in [2.45, 2.75) is 12.7 Å². The predicted octanol–water partition coefficient (Wildman–Crippen LogP) is 2.29. The second-order valence-corrected chi connectivity index (χ2v) is 7.86. The quantitative estimate of drug-likeness (QED) is 0.224. The molecule has 1 aliphatic heterocycles. The highest BCUT2D eigenvalue weighted by molar-refractivity contribution is 5.86. The van der Waals surface area contributed by atoms with Gasteiger partial charge in [0.2, 0.25) is 0 Å².